The summed E-state index contributed by atoms with van der Waals surface area (Å²) in [6, 6.07) is 0. The van der Waals surface area contributed by atoms with Crippen molar-refractivity contribution >= 4 is 25.0 Å². The fraction of sp³-hybridized carbons (Fsp3) is 0. The number of hydrogen-bond donors (Lipinski definition) is 2. The molecule has 1 aromatic heterocycles. The number of aromatic amines is 1. The quantitative estimate of drug-likeness (QED) is 0.388. The van der Waals surface area contributed by atoms with Crippen LogP contribution in [0, 0.1) is 4.77 Å². The van der Waals surface area contributed by atoms with Crippen LogP contribution in [-0.4, -0.2) is 19.6 Å². The third-order valence-corrected chi connectivity index (χ3v) is 0.769. The van der Waals surface area contributed by atoms with Gasteiger partial charge in [0.25, 0.3) is 0 Å². The van der Waals surface area contributed by atoms with Crippen LogP contribution in [0.4, 0.5) is 0 Å². The predicted molar refractivity (Wildman–Crippen MR) is 29.6 cm³/mol. The lowest BCUT2D eigenvalue weighted by Gasteiger charge is -1.73. The van der Waals surface area contributed by atoms with Gasteiger partial charge in [-0.15, -0.1) is 4.20 Å². The van der Waals surface area contributed by atoms with Crippen LogP contribution in [0.1, 0.15) is 0 Å². The Hall–Kier alpha value is -0.360. The number of rotatable bonds is 0. The first-order valence-corrected chi connectivity index (χ1v) is 2.31. The van der Waals surface area contributed by atoms with E-state index < -0.39 is 0 Å². The molecule has 0 atom stereocenters. The van der Waals surface area contributed by atoms with Crippen LogP contribution >= 0.6 is 25.0 Å². The molecule has 1 heterocycles. The second kappa shape index (κ2) is 1.63. The van der Waals surface area contributed by atoms with Gasteiger partial charge in [0, 0.05) is 0 Å². The molecule has 1 N–H and O–H groups in total. The number of thiol groups is 1. The van der Waals surface area contributed by atoms with E-state index in [0.29, 0.717) is 4.77 Å². The van der Waals surface area contributed by atoms with Crippen molar-refractivity contribution in [3.63, 3.8) is 0 Å². The van der Waals surface area contributed by atoms with Crippen molar-refractivity contribution in [2.45, 2.75) is 0 Å². The lowest BCUT2D eigenvalue weighted by atomic mass is 11.4. The topological polar surface area (TPSA) is 46.5 Å². The molecule has 0 aromatic carbocycles. The molecular formula is CH2N4S2. The second-order valence-corrected chi connectivity index (χ2v) is 1.66. The van der Waals surface area contributed by atoms with Gasteiger partial charge in [0.2, 0.25) is 4.77 Å². The fourth-order valence-corrected chi connectivity index (χ4v) is 0.539. The van der Waals surface area contributed by atoms with Gasteiger partial charge in [0.1, 0.15) is 0 Å². The minimum atomic E-state index is 0.343. The number of nitrogens with zero attached hydrogens (tertiary/aromatic N) is 3. The molecule has 0 aliphatic rings. The van der Waals surface area contributed by atoms with E-state index in [4.69, 9.17) is 0 Å². The van der Waals surface area contributed by atoms with Crippen LogP contribution in [0.3, 0.4) is 0 Å². The Bertz CT molecular complexity index is 197. The summed E-state index contributed by atoms with van der Waals surface area (Å²) in [7, 11) is 0. The summed E-state index contributed by atoms with van der Waals surface area (Å²) in [4.78, 5) is 0. The second-order valence-electron chi connectivity index (χ2n) is 0.896. The number of hydrogen-bond acceptors (Lipinski definition) is 4. The van der Waals surface area contributed by atoms with E-state index in [1.807, 2.05) is 0 Å². The average Bonchev–Trinajstić information content (AvgIpc) is 1.87. The van der Waals surface area contributed by atoms with Gasteiger partial charge in [-0.3, -0.25) is 0 Å². The highest BCUT2D eigenvalue weighted by molar-refractivity contribution is 7.78. The third-order valence-electron chi connectivity index (χ3n) is 0.416. The summed E-state index contributed by atoms with van der Waals surface area (Å²) in [6.07, 6.45) is 0. The average molecular weight is 134 g/mol. The molecule has 6 heteroatoms. The van der Waals surface area contributed by atoms with Crippen LogP contribution in [0.5, 0.6) is 0 Å². The smallest absolute Gasteiger partial charge is 0.236 e. The molecule has 0 radical (unpaired) electrons. The van der Waals surface area contributed by atoms with Gasteiger partial charge in [0.05, 0.1) is 0 Å². The molecule has 38 valence electrons. The van der Waals surface area contributed by atoms with Crippen molar-refractivity contribution in [1.82, 2.24) is 19.6 Å². The van der Waals surface area contributed by atoms with Gasteiger partial charge in [-0.1, -0.05) is 5.10 Å². The maximum Gasteiger partial charge on any atom is 0.236 e. The van der Waals surface area contributed by atoms with E-state index in [1.54, 1.807) is 0 Å². The van der Waals surface area contributed by atoms with Crippen LogP contribution in [0.2, 0.25) is 0 Å². The minimum Gasteiger partial charge on any atom is -0.243 e. The summed E-state index contributed by atoms with van der Waals surface area (Å²) < 4.78 is 1.48. The summed E-state index contributed by atoms with van der Waals surface area (Å²) >= 11 is 8.26. The molecule has 1 rings (SSSR count). The molecule has 0 unspecified atom stereocenters. The van der Waals surface area contributed by atoms with Crippen LogP contribution in [-0.2, 0) is 0 Å². The molecule has 0 saturated carbocycles. The Morgan fingerprint density at radius 1 is 1.86 bits per heavy atom. The minimum absolute atomic E-state index is 0.343. The Morgan fingerprint density at radius 3 is 2.71 bits per heavy atom. The summed E-state index contributed by atoms with van der Waals surface area (Å²) in [6.45, 7) is 0. The Balaban J connectivity index is 3.30. The van der Waals surface area contributed by atoms with Crippen molar-refractivity contribution in [3.05, 3.63) is 4.77 Å². The van der Waals surface area contributed by atoms with Crippen molar-refractivity contribution in [3.8, 4) is 0 Å². The van der Waals surface area contributed by atoms with Gasteiger partial charge >= 0.3 is 0 Å². The van der Waals surface area contributed by atoms with E-state index in [0.717, 1.165) is 4.20 Å². The Labute approximate surface area is 50.1 Å². The molecule has 0 saturated heterocycles. The normalized spacial score (nSPS) is 9.29. The molecule has 1 aromatic rings. The summed E-state index contributed by atoms with van der Waals surface area (Å²) in [5, 5.41) is 9.31. The molecular weight excluding hydrogens is 132 g/mol. The summed E-state index contributed by atoms with van der Waals surface area (Å²) in [5.74, 6) is 0. The number of aromatic nitrogens is 4. The van der Waals surface area contributed by atoms with E-state index in [1.165, 1.54) is 0 Å². The van der Waals surface area contributed by atoms with Gasteiger partial charge in [-0.05, 0) is 30.2 Å². The van der Waals surface area contributed by atoms with Crippen molar-refractivity contribution < 1.29 is 0 Å². The molecule has 7 heavy (non-hydrogen) atoms. The highest BCUT2D eigenvalue weighted by atomic mass is 32.1. The third kappa shape index (κ3) is 1.00. The van der Waals surface area contributed by atoms with Gasteiger partial charge < -0.3 is 0 Å². The van der Waals surface area contributed by atoms with E-state index >= 15 is 0 Å². The molecule has 0 spiro atoms. The highest BCUT2D eigenvalue weighted by Crippen LogP contribution is 1.75. The van der Waals surface area contributed by atoms with Crippen molar-refractivity contribution in [2.24, 2.45) is 0 Å². The maximum atomic E-state index is 4.53. The molecule has 0 fully saturated rings. The monoisotopic (exact) mass is 134 g/mol. The van der Waals surface area contributed by atoms with Crippen LogP contribution in [0.25, 0.3) is 0 Å². The number of tetrazole rings is 1. The Morgan fingerprint density at radius 2 is 2.57 bits per heavy atom. The molecule has 0 amide bonds. The highest BCUT2D eigenvalue weighted by Gasteiger charge is 1.78. The van der Waals surface area contributed by atoms with E-state index in [-0.39, 0.29) is 0 Å². The van der Waals surface area contributed by atoms with Gasteiger partial charge in [-0.25, -0.2) is 5.10 Å². The largest absolute Gasteiger partial charge is 0.243 e. The lowest BCUT2D eigenvalue weighted by molar-refractivity contribution is 0.824. The van der Waals surface area contributed by atoms with Crippen molar-refractivity contribution in [2.75, 3.05) is 0 Å². The SMILES string of the molecule is S=c1nnn(S)[nH]1. The first kappa shape index (κ1) is 4.79. The summed E-state index contributed by atoms with van der Waals surface area (Å²) in [5.41, 5.74) is 0. The number of H-pyrrole nitrogens is 1. The molecule has 0 aliphatic heterocycles. The zero-order valence-corrected chi connectivity index (χ0v) is 4.91. The fourth-order valence-electron chi connectivity index (χ4n) is 0.213. The first-order chi connectivity index (χ1) is 3.29. The first-order valence-electron chi connectivity index (χ1n) is 1.50. The zero-order valence-electron chi connectivity index (χ0n) is 3.20. The molecule has 0 bridgehead atoms. The standard InChI is InChI=1S/CH2N4S2/c6-1-2-4-5(7)3-1/h7H,(H,3,6). The van der Waals surface area contributed by atoms with Crippen LogP contribution in [0.15, 0.2) is 0 Å². The van der Waals surface area contributed by atoms with Crippen molar-refractivity contribution in [1.29, 1.82) is 0 Å². The lowest BCUT2D eigenvalue weighted by Crippen LogP contribution is -1.82. The maximum absolute atomic E-state index is 4.53. The number of nitrogens with one attached hydrogen (secondary N) is 1. The Kier molecular flexibility index (Phi) is 1.11. The van der Waals surface area contributed by atoms with Crippen LogP contribution < -0.4 is 0 Å². The zero-order chi connectivity index (χ0) is 5.28. The molecule has 0 aliphatic carbocycles. The predicted octanol–water partition coefficient (Wildman–Crippen LogP) is 0.0286. The van der Waals surface area contributed by atoms with Gasteiger partial charge in [-0.2, -0.15) is 0 Å². The molecule has 4 nitrogen and oxygen atoms in total. The van der Waals surface area contributed by atoms with E-state index in [9.17, 15) is 0 Å². The van der Waals surface area contributed by atoms with Gasteiger partial charge in [0.15, 0.2) is 0 Å². The van der Waals surface area contributed by atoms with E-state index in [2.05, 4.69) is 40.4 Å².